The van der Waals surface area contributed by atoms with Gasteiger partial charge >= 0.3 is 0 Å². The highest BCUT2D eigenvalue weighted by molar-refractivity contribution is 6.40. The molecular formula is C8H10N4O3. The van der Waals surface area contributed by atoms with Gasteiger partial charge in [-0.15, -0.1) is 0 Å². The van der Waals surface area contributed by atoms with Gasteiger partial charge in [0.2, 0.25) is 5.78 Å². The fourth-order valence-electron chi connectivity index (χ4n) is 1.03. The molecule has 7 heteroatoms. The van der Waals surface area contributed by atoms with Crippen LogP contribution >= 0.6 is 0 Å². The summed E-state index contributed by atoms with van der Waals surface area (Å²) in [4.78, 5) is 32.7. The second-order valence-electron chi connectivity index (χ2n) is 2.91. The molecule has 0 aliphatic rings. The summed E-state index contributed by atoms with van der Waals surface area (Å²) in [5.41, 5.74) is 5.25. The topological polar surface area (TPSA) is 107 Å². The van der Waals surface area contributed by atoms with Crippen LogP contribution in [0.25, 0.3) is 0 Å². The Labute approximate surface area is 85.2 Å². The average Bonchev–Trinajstić information content (AvgIpc) is 2.46. The second-order valence-corrected chi connectivity index (χ2v) is 2.91. The van der Waals surface area contributed by atoms with Crippen LogP contribution in [0.15, 0.2) is 6.20 Å². The van der Waals surface area contributed by atoms with Gasteiger partial charge in [-0.1, -0.05) is 0 Å². The van der Waals surface area contributed by atoms with E-state index in [4.69, 9.17) is 5.73 Å². The van der Waals surface area contributed by atoms with E-state index in [1.807, 2.05) is 0 Å². The van der Waals surface area contributed by atoms with Crippen molar-refractivity contribution in [2.24, 2.45) is 12.8 Å². The number of amides is 2. The van der Waals surface area contributed by atoms with Crippen LogP contribution in [0.4, 0.5) is 5.69 Å². The molecule has 0 unspecified atom stereocenters. The molecule has 80 valence electrons. The summed E-state index contributed by atoms with van der Waals surface area (Å²) in [6.07, 6.45) is 1.25. The third-order valence-electron chi connectivity index (χ3n) is 1.74. The minimum atomic E-state index is -0.814. The predicted molar refractivity (Wildman–Crippen MR) is 51.0 cm³/mol. The number of rotatable bonds is 3. The first-order chi connectivity index (χ1) is 6.93. The number of Topliss-reactive ketones (excluding diaryl/α,β-unsaturated/α-hetero) is 1. The Bertz CT molecular complexity index is 435. The van der Waals surface area contributed by atoms with E-state index >= 15 is 0 Å². The molecule has 1 rings (SSSR count). The van der Waals surface area contributed by atoms with Gasteiger partial charge in [0.25, 0.3) is 11.8 Å². The number of aryl methyl sites for hydroxylation is 1. The van der Waals surface area contributed by atoms with Crippen molar-refractivity contribution in [1.82, 2.24) is 9.78 Å². The van der Waals surface area contributed by atoms with Crippen molar-refractivity contribution < 1.29 is 14.4 Å². The largest absolute Gasteiger partial charge is 0.364 e. The van der Waals surface area contributed by atoms with Crippen LogP contribution in [0.3, 0.4) is 0 Å². The number of nitrogens with zero attached hydrogens (tertiary/aromatic N) is 2. The molecule has 0 aromatic carbocycles. The molecule has 1 heterocycles. The lowest BCUT2D eigenvalue weighted by molar-refractivity contribution is -0.133. The van der Waals surface area contributed by atoms with Crippen LogP contribution < -0.4 is 11.1 Å². The molecule has 1 aromatic rings. The van der Waals surface area contributed by atoms with E-state index in [1.165, 1.54) is 17.9 Å². The first-order valence-electron chi connectivity index (χ1n) is 4.07. The lowest BCUT2D eigenvalue weighted by atomic mass is 10.3. The SMILES string of the molecule is CC(=O)C(=O)Nc1cnn(C)c1C(N)=O. The zero-order chi connectivity index (χ0) is 11.6. The number of carbonyl (C=O) groups is 3. The number of nitrogens with two attached hydrogens (primary N) is 1. The van der Waals surface area contributed by atoms with Crippen LogP contribution in [-0.4, -0.2) is 27.4 Å². The second kappa shape index (κ2) is 3.91. The summed E-state index contributed by atoms with van der Waals surface area (Å²) in [6, 6.07) is 0. The molecule has 0 fully saturated rings. The monoisotopic (exact) mass is 210 g/mol. The van der Waals surface area contributed by atoms with E-state index in [1.54, 1.807) is 0 Å². The number of primary amides is 1. The van der Waals surface area contributed by atoms with Crippen molar-refractivity contribution in [2.45, 2.75) is 6.92 Å². The fourth-order valence-corrected chi connectivity index (χ4v) is 1.03. The Kier molecular flexibility index (Phi) is 2.84. The first-order valence-corrected chi connectivity index (χ1v) is 4.07. The Hall–Kier alpha value is -2.18. The van der Waals surface area contributed by atoms with Gasteiger partial charge in [0.05, 0.1) is 11.9 Å². The molecule has 15 heavy (non-hydrogen) atoms. The molecule has 0 bridgehead atoms. The van der Waals surface area contributed by atoms with Crippen molar-refractivity contribution in [3.05, 3.63) is 11.9 Å². The standard InChI is InChI=1S/C8H10N4O3/c1-4(13)8(15)11-5-3-10-12(2)6(5)7(9)14/h3H,1-2H3,(H2,9,14)(H,11,15). The smallest absolute Gasteiger partial charge is 0.291 e. The van der Waals surface area contributed by atoms with E-state index < -0.39 is 17.6 Å². The summed E-state index contributed by atoms with van der Waals surface area (Å²) in [6.45, 7) is 1.12. The Morgan fingerprint density at radius 2 is 2.07 bits per heavy atom. The number of ketones is 1. The van der Waals surface area contributed by atoms with Crippen molar-refractivity contribution in [3.8, 4) is 0 Å². The Morgan fingerprint density at radius 1 is 1.47 bits per heavy atom. The van der Waals surface area contributed by atoms with E-state index in [9.17, 15) is 14.4 Å². The molecule has 7 nitrogen and oxygen atoms in total. The number of aromatic nitrogens is 2. The molecular weight excluding hydrogens is 200 g/mol. The van der Waals surface area contributed by atoms with Crippen LogP contribution in [0.5, 0.6) is 0 Å². The fraction of sp³-hybridized carbons (Fsp3) is 0.250. The summed E-state index contributed by atoms with van der Waals surface area (Å²) < 4.78 is 1.22. The summed E-state index contributed by atoms with van der Waals surface area (Å²) in [5.74, 6) is -2.20. The minimum absolute atomic E-state index is 0.0459. The maximum Gasteiger partial charge on any atom is 0.291 e. The van der Waals surface area contributed by atoms with Gasteiger partial charge in [0, 0.05) is 14.0 Å². The maximum absolute atomic E-state index is 11.0. The summed E-state index contributed by atoms with van der Waals surface area (Å²) in [5, 5.41) is 5.98. The van der Waals surface area contributed by atoms with Crippen LogP contribution in [0, 0.1) is 0 Å². The number of nitrogens with one attached hydrogen (secondary N) is 1. The van der Waals surface area contributed by atoms with Gasteiger partial charge in [-0.3, -0.25) is 19.1 Å². The molecule has 2 amide bonds. The molecule has 3 N–H and O–H groups in total. The molecule has 0 radical (unpaired) electrons. The van der Waals surface area contributed by atoms with E-state index in [0.717, 1.165) is 6.92 Å². The highest BCUT2D eigenvalue weighted by atomic mass is 16.2. The van der Waals surface area contributed by atoms with Gasteiger partial charge in [-0.2, -0.15) is 5.10 Å². The third-order valence-corrected chi connectivity index (χ3v) is 1.74. The lowest BCUT2D eigenvalue weighted by Gasteiger charge is -2.02. The zero-order valence-electron chi connectivity index (χ0n) is 8.27. The maximum atomic E-state index is 11.0. The van der Waals surface area contributed by atoms with E-state index in [0.29, 0.717) is 0 Å². The van der Waals surface area contributed by atoms with Crippen LogP contribution in [-0.2, 0) is 16.6 Å². The normalized spacial score (nSPS) is 9.73. The summed E-state index contributed by atoms with van der Waals surface area (Å²) in [7, 11) is 1.50. The highest BCUT2D eigenvalue weighted by Crippen LogP contribution is 2.12. The van der Waals surface area contributed by atoms with Crippen molar-refractivity contribution in [3.63, 3.8) is 0 Å². The minimum Gasteiger partial charge on any atom is -0.364 e. The third kappa shape index (κ3) is 2.19. The average molecular weight is 210 g/mol. The van der Waals surface area contributed by atoms with Crippen molar-refractivity contribution in [2.75, 3.05) is 5.32 Å². The number of anilines is 1. The van der Waals surface area contributed by atoms with E-state index in [-0.39, 0.29) is 11.4 Å². The highest BCUT2D eigenvalue weighted by Gasteiger charge is 2.17. The predicted octanol–water partition coefficient (Wildman–Crippen LogP) is -0.953. The molecule has 0 saturated carbocycles. The quantitative estimate of drug-likeness (QED) is 0.627. The molecule has 0 aliphatic carbocycles. The number of carbonyl (C=O) groups excluding carboxylic acids is 3. The van der Waals surface area contributed by atoms with Crippen LogP contribution in [0.1, 0.15) is 17.4 Å². The van der Waals surface area contributed by atoms with Gasteiger partial charge < -0.3 is 11.1 Å². The molecule has 1 aromatic heterocycles. The molecule has 0 atom stereocenters. The first kappa shape index (κ1) is 10.9. The molecule has 0 spiro atoms. The van der Waals surface area contributed by atoms with Gasteiger partial charge in [-0.25, -0.2) is 0 Å². The van der Waals surface area contributed by atoms with Crippen molar-refractivity contribution >= 4 is 23.3 Å². The van der Waals surface area contributed by atoms with Crippen LogP contribution in [0.2, 0.25) is 0 Å². The zero-order valence-corrected chi connectivity index (χ0v) is 8.27. The lowest BCUT2D eigenvalue weighted by Crippen LogP contribution is -2.23. The van der Waals surface area contributed by atoms with Gasteiger partial charge in [0.15, 0.2) is 0 Å². The Morgan fingerprint density at radius 3 is 2.53 bits per heavy atom. The summed E-state index contributed by atoms with van der Waals surface area (Å²) >= 11 is 0. The molecule has 0 aliphatic heterocycles. The Balaban J connectivity index is 3.01. The number of hydrogen-bond donors (Lipinski definition) is 2. The van der Waals surface area contributed by atoms with E-state index in [2.05, 4.69) is 10.4 Å². The number of hydrogen-bond acceptors (Lipinski definition) is 4. The van der Waals surface area contributed by atoms with Gasteiger partial charge in [0.1, 0.15) is 5.69 Å². The van der Waals surface area contributed by atoms with Gasteiger partial charge in [-0.05, 0) is 0 Å². The molecule has 0 saturated heterocycles. The van der Waals surface area contributed by atoms with Crippen molar-refractivity contribution in [1.29, 1.82) is 0 Å².